The first kappa shape index (κ1) is 20.1. The summed E-state index contributed by atoms with van der Waals surface area (Å²) in [7, 11) is -3.80. The number of anilines is 2. The van der Waals surface area contributed by atoms with Crippen molar-refractivity contribution in [3.8, 4) is 0 Å². The largest absolute Gasteiger partial charge is 0.311 e. The molecule has 0 fully saturated rings. The van der Waals surface area contributed by atoms with Crippen LogP contribution in [0.1, 0.15) is 43.6 Å². The van der Waals surface area contributed by atoms with E-state index in [1.54, 1.807) is 17.0 Å². The molecule has 1 heterocycles. The van der Waals surface area contributed by atoms with Gasteiger partial charge in [0.2, 0.25) is 5.91 Å². The Hall–Kier alpha value is -2.67. The molecule has 148 valence electrons. The Kier molecular flexibility index (Phi) is 5.06. The molecule has 1 amide bonds. The highest BCUT2D eigenvalue weighted by Crippen LogP contribution is 2.34. The predicted octanol–water partition coefficient (Wildman–Crippen LogP) is 3.63. The molecule has 0 atom stereocenters. The Morgan fingerprint density at radius 3 is 2.25 bits per heavy atom. The number of carbonyl (C=O) groups excluding carboxylic acids is 2. The molecule has 1 N–H and O–H groups in total. The van der Waals surface area contributed by atoms with E-state index in [1.807, 2.05) is 26.8 Å². The van der Waals surface area contributed by atoms with Crippen LogP contribution in [0, 0.1) is 5.41 Å². The standard InChI is InChI=1S/C21H24N2O4S/c1-14(24)15-6-9-18(10-7-15)28(26,27)22-17-8-5-16-11-12-23(19(16)13-17)20(25)21(2,3)4/h5-10,13,22H,11-12H2,1-4H3. The second-order valence-electron chi connectivity index (χ2n) is 7.99. The van der Waals surface area contributed by atoms with Crippen LogP contribution in [-0.4, -0.2) is 26.7 Å². The van der Waals surface area contributed by atoms with E-state index in [1.165, 1.54) is 31.2 Å². The molecule has 2 aromatic carbocycles. The van der Waals surface area contributed by atoms with E-state index in [2.05, 4.69) is 4.72 Å². The van der Waals surface area contributed by atoms with E-state index < -0.39 is 15.4 Å². The van der Waals surface area contributed by atoms with Gasteiger partial charge in [-0.3, -0.25) is 14.3 Å². The molecule has 3 rings (SSSR count). The van der Waals surface area contributed by atoms with E-state index in [0.29, 0.717) is 17.8 Å². The number of sulfonamides is 1. The molecule has 7 heteroatoms. The Morgan fingerprint density at radius 1 is 1.04 bits per heavy atom. The van der Waals surface area contributed by atoms with E-state index in [-0.39, 0.29) is 16.6 Å². The SMILES string of the molecule is CC(=O)c1ccc(S(=O)(=O)Nc2ccc3c(c2)N(C(=O)C(C)(C)C)CC3)cc1. The molecule has 0 bridgehead atoms. The number of Topliss-reactive ketones (excluding diaryl/α,β-unsaturated/α-hetero) is 1. The topological polar surface area (TPSA) is 83.6 Å². The zero-order chi connectivity index (χ0) is 20.7. The van der Waals surface area contributed by atoms with Crippen molar-refractivity contribution in [1.82, 2.24) is 0 Å². The highest BCUT2D eigenvalue weighted by Gasteiger charge is 2.32. The summed E-state index contributed by atoms with van der Waals surface area (Å²) in [5, 5.41) is 0. The van der Waals surface area contributed by atoms with Gasteiger partial charge < -0.3 is 4.90 Å². The van der Waals surface area contributed by atoms with E-state index in [0.717, 1.165) is 17.7 Å². The second kappa shape index (κ2) is 7.05. The lowest BCUT2D eigenvalue weighted by Crippen LogP contribution is -2.38. The number of hydrogen-bond donors (Lipinski definition) is 1. The van der Waals surface area contributed by atoms with Crippen LogP contribution in [-0.2, 0) is 21.2 Å². The van der Waals surface area contributed by atoms with Crippen LogP contribution in [0.5, 0.6) is 0 Å². The lowest BCUT2D eigenvalue weighted by molar-refractivity contribution is -0.125. The Bertz CT molecular complexity index is 1040. The first-order valence-corrected chi connectivity index (χ1v) is 10.6. The number of rotatable bonds is 4. The average Bonchev–Trinajstić information content (AvgIpc) is 3.03. The van der Waals surface area contributed by atoms with Crippen LogP contribution >= 0.6 is 0 Å². The maximum atomic E-state index is 12.7. The van der Waals surface area contributed by atoms with Gasteiger partial charge in [-0.25, -0.2) is 8.42 Å². The van der Waals surface area contributed by atoms with Gasteiger partial charge in [0.25, 0.3) is 10.0 Å². The van der Waals surface area contributed by atoms with Crippen LogP contribution in [0.15, 0.2) is 47.4 Å². The van der Waals surface area contributed by atoms with Gasteiger partial charge in [0.15, 0.2) is 5.78 Å². The van der Waals surface area contributed by atoms with Gasteiger partial charge in [0, 0.05) is 23.2 Å². The molecule has 28 heavy (non-hydrogen) atoms. The molecule has 0 aliphatic carbocycles. The van der Waals surface area contributed by atoms with E-state index in [4.69, 9.17) is 0 Å². The fourth-order valence-electron chi connectivity index (χ4n) is 3.14. The number of ketones is 1. The quantitative estimate of drug-likeness (QED) is 0.795. The molecule has 2 aromatic rings. The molecule has 0 saturated heterocycles. The maximum Gasteiger partial charge on any atom is 0.261 e. The number of carbonyl (C=O) groups is 2. The summed E-state index contributed by atoms with van der Waals surface area (Å²) >= 11 is 0. The van der Waals surface area contributed by atoms with Gasteiger partial charge in [0.1, 0.15) is 0 Å². The summed E-state index contributed by atoms with van der Waals surface area (Å²) in [5.41, 5.74) is 2.09. The Morgan fingerprint density at radius 2 is 1.68 bits per heavy atom. The van der Waals surface area contributed by atoms with Gasteiger partial charge in [-0.2, -0.15) is 0 Å². The highest BCUT2D eigenvalue weighted by atomic mass is 32.2. The lowest BCUT2D eigenvalue weighted by atomic mass is 9.94. The fraction of sp³-hybridized carbons (Fsp3) is 0.333. The first-order valence-electron chi connectivity index (χ1n) is 9.08. The molecular weight excluding hydrogens is 376 g/mol. The van der Waals surface area contributed by atoms with Crippen LogP contribution < -0.4 is 9.62 Å². The summed E-state index contributed by atoms with van der Waals surface area (Å²) in [5.74, 6) is -0.120. The average molecular weight is 401 g/mol. The lowest BCUT2D eigenvalue weighted by Gasteiger charge is -2.26. The van der Waals surface area contributed by atoms with Crippen molar-refractivity contribution < 1.29 is 18.0 Å². The maximum absolute atomic E-state index is 12.7. The third-order valence-electron chi connectivity index (χ3n) is 4.69. The summed E-state index contributed by atoms with van der Waals surface area (Å²) in [6.07, 6.45) is 0.747. The van der Waals surface area contributed by atoms with Crippen molar-refractivity contribution in [1.29, 1.82) is 0 Å². The second-order valence-corrected chi connectivity index (χ2v) is 9.67. The molecule has 0 radical (unpaired) electrons. The van der Waals surface area contributed by atoms with E-state index in [9.17, 15) is 18.0 Å². The molecule has 1 aliphatic rings. The van der Waals surface area contributed by atoms with Gasteiger partial charge in [-0.1, -0.05) is 39.0 Å². The minimum absolute atomic E-state index is 0.00563. The van der Waals surface area contributed by atoms with Crippen molar-refractivity contribution in [2.75, 3.05) is 16.2 Å². The highest BCUT2D eigenvalue weighted by molar-refractivity contribution is 7.92. The number of benzene rings is 2. The third-order valence-corrected chi connectivity index (χ3v) is 6.09. The molecule has 0 spiro atoms. The number of fused-ring (bicyclic) bond motifs is 1. The summed E-state index contributed by atoms with van der Waals surface area (Å²) in [6.45, 7) is 7.62. The molecule has 0 aromatic heterocycles. The van der Waals surface area contributed by atoms with Crippen molar-refractivity contribution in [3.63, 3.8) is 0 Å². The van der Waals surface area contributed by atoms with Crippen molar-refractivity contribution in [2.24, 2.45) is 5.41 Å². The predicted molar refractivity (Wildman–Crippen MR) is 109 cm³/mol. The zero-order valence-electron chi connectivity index (χ0n) is 16.4. The van der Waals surface area contributed by atoms with Crippen LogP contribution in [0.2, 0.25) is 0 Å². The van der Waals surface area contributed by atoms with Crippen molar-refractivity contribution in [3.05, 3.63) is 53.6 Å². The Labute approximate surface area is 165 Å². The van der Waals surface area contributed by atoms with Crippen molar-refractivity contribution in [2.45, 2.75) is 39.0 Å². The number of nitrogens with zero attached hydrogens (tertiary/aromatic N) is 1. The Balaban J connectivity index is 1.87. The minimum Gasteiger partial charge on any atom is -0.311 e. The molecule has 0 unspecified atom stereocenters. The van der Waals surface area contributed by atoms with Crippen LogP contribution in [0.25, 0.3) is 0 Å². The monoisotopic (exact) mass is 400 g/mol. The first-order chi connectivity index (χ1) is 13.0. The molecular formula is C21H24N2O4S. The fourth-order valence-corrected chi connectivity index (χ4v) is 4.19. The minimum atomic E-state index is -3.80. The number of hydrogen-bond acceptors (Lipinski definition) is 4. The summed E-state index contributed by atoms with van der Waals surface area (Å²) < 4.78 is 27.9. The number of amides is 1. The molecule has 1 aliphatic heterocycles. The summed E-state index contributed by atoms with van der Waals surface area (Å²) in [6, 6.07) is 11.0. The molecule has 0 saturated carbocycles. The third kappa shape index (κ3) is 3.94. The number of nitrogens with one attached hydrogen (secondary N) is 1. The summed E-state index contributed by atoms with van der Waals surface area (Å²) in [4.78, 5) is 25.8. The van der Waals surface area contributed by atoms with Gasteiger partial charge in [-0.05, 0) is 43.2 Å². The van der Waals surface area contributed by atoms with Gasteiger partial charge >= 0.3 is 0 Å². The molecule has 6 nitrogen and oxygen atoms in total. The smallest absolute Gasteiger partial charge is 0.261 e. The van der Waals surface area contributed by atoms with Crippen LogP contribution in [0.4, 0.5) is 11.4 Å². The van der Waals surface area contributed by atoms with Gasteiger partial charge in [0.05, 0.1) is 10.6 Å². The van der Waals surface area contributed by atoms with Gasteiger partial charge in [-0.15, -0.1) is 0 Å². The normalized spacial score (nSPS) is 13.9. The van der Waals surface area contributed by atoms with Crippen LogP contribution in [0.3, 0.4) is 0 Å². The van der Waals surface area contributed by atoms with Crippen molar-refractivity contribution >= 4 is 33.1 Å². The zero-order valence-corrected chi connectivity index (χ0v) is 17.3. The van der Waals surface area contributed by atoms with E-state index >= 15 is 0 Å².